The molecule has 0 aliphatic rings. The van der Waals surface area contributed by atoms with Gasteiger partial charge in [-0.15, -0.1) is 0 Å². The van der Waals surface area contributed by atoms with Crippen LogP contribution in [0.1, 0.15) is 155 Å². The van der Waals surface area contributed by atoms with E-state index in [-0.39, 0.29) is 58.4 Å². The highest BCUT2D eigenvalue weighted by Crippen LogP contribution is 2.35. The number of rotatable bonds is 19. The van der Waals surface area contributed by atoms with Crippen LogP contribution in [-0.4, -0.2) is 47.5 Å². The number of ketones is 2. The highest BCUT2D eigenvalue weighted by molar-refractivity contribution is 5.94. The van der Waals surface area contributed by atoms with Gasteiger partial charge in [0, 0.05) is 37.6 Å². The maximum absolute atomic E-state index is 13.4. The zero-order valence-electron chi connectivity index (χ0n) is 31.3. The second kappa shape index (κ2) is 18.2. The minimum absolute atomic E-state index is 0.0124. The van der Waals surface area contributed by atoms with Gasteiger partial charge in [0.2, 0.25) is 11.8 Å². The molecule has 0 heterocycles. The van der Waals surface area contributed by atoms with Crippen molar-refractivity contribution < 1.29 is 28.7 Å². The molecule has 0 aromatic carbocycles. The van der Waals surface area contributed by atoms with Crippen molar-refractivity contribution in [2.75, 3.05) is 6.54 Å². The highest BCUT2D eigenvalue weighted by Gasteiger charge is 2.35. The van der Waals surface area contributed by atoms with Gasteiger partial charge in [0.25, 0.3) is 0 Å². The molecule has 0 saturated heterocycles. The fourth-order valence-corrected chi connectivity index (χ4v) is 5.62. The fourth-order valence-electron chi connectivity index (χ4n) is 5.62. The highest BCUT2D eigenvalue weighted by atomic mass is 16.6. The fraction of sp³-hybridized carbons (Fsp3) is 0.865. The van der Waals surface area contributed by atoms with E-state index in [1.807, 2.05) is 48.5 Å². The Labute approximate surface area is 275 Å². The van der Waals surface area contributed by atoms with Crippen LogP contribution in [0.25, 0.3) is 0 Å². The third-order valence-corrected chi connectivity index (χ3v) is 7.92. The Hall–Kier alpha value is -2.25. The summed E-state index contributed by atoms with van der Waals surface area (Å²) in [6.07, 6.45) is 4.97. The van der Waals surface area contributed by atoms with E-state index < -0.39 is 23.0 Å². The number of Topliss-reactive ketones (excluding diaryl/α,β-unsaturated/α-hetero) is 2. The van der Waals surface area contributed by atoms with E-state index in [0.717, 1.165) is 19.3 Å². The van der Waals surface area contributed by atoms with Crippen molar-refractivity contribution in [2.45, 2.75) is 166 Å². The quantitative estimate of drug-likeness (QED) is 0.111. The summed E-state index contributed by atoms with van der Waals surface area (Å²) in [5, 5.41) is 5.67. The Balaban J connectivity index is 5.14. The zero-order chi connectivity index (χ0) is 35.4. The predicted molar refractivity (Wildman–Crippen MR) is 183 cm³/mol. The minimum Gasteiger partial charge on any atom is -0.459 e. The number of carbonyl (C=O) groups is 5. The molecule has 2 amide bonds. The molecule has 0 unspecified atom stereocenters. The molecule has 2 N–H and O–H groups in total. The normalized spacial score (nSPS) is 14.2. The summed E-state index contributed by atoms with van der Waals surface area (Å²) < 4.78 is 6.03. The van der Waals surface area contributed by atoms with E-state index in [1.54, 1.807) is 0 Å². The van der Waals surface area contributed by atoms with Crippen LogP contribution >= 0.6 is 0 Å². The molecule has 45 heavy (non-hydrogen) atoms. The van der Waals surface area contributed by atoms with Crippen molar-refractivity contribution in [3.63, 3.8) is 0 Å². The van der Waals surface area contributed by atoms with Crippen LogP contribution in [-0.2, 0) is 28.7 Å². The smallest absolute Gasteiger partial charge is 0.309 e. The number of ether oxygens (including phenoxy) is 1. The zero-order valence-corrected chi connectivity index (χ0v) is 31.3. The Bertz CT molecular complexity index is 962. The first-order valence-electron chi connectivity index (χ1n) is 17.1. The molecule has 0 spiro atoms. The molecule has 0 fully saturated rings. The minimum atomic E-state index is -0.682. The first kappa shape index (κ1) is 42.8. The van der Waals surface area contributed by atoms with Gasteiger partial charge in [0.15, 0.2) is 5.78 Å². The molecule has 0 bridgehead atoms. The van der Waals surface area contributed by atoms with Gasteiger partial charge in [-0.3, -0.25) is 24.0 Å². The summed E-state index contributed by atoms with van der Waals surface area (Å²) in [5.41, 5.74) is -1.25. The van der Waals surface area contributed by atoms with Crippen LogP contribution in [0.4, 0.5) is 0 Å². The van der Waals surface area contributed by atoms with Gasteiger partial charge in [-0.1, -0.05) is 76.2 Å². The molecule has 8 heteroatoms. The van der Waals surface area contributed by atoms with Crippen molar-refractivity contribution in [3.8, 4) is 0 Å². The van der Waals surface area contributed by atoms with E-state index in [0.29, 0.717) is 38.6 Å². The monoisotopic (exact) mass is 637 g/mol. The van der Waals surface area contributed by atoms with Gasteiger partial charge in [-0.2, -0.15) is 0 Å². The molecular formula is C37H68N2O6. The molecule has 0 saturated carbocycles. The van der Waals surface area contributed by atoms with Crippen molar-refractivity contribution >= 4 is 29.4 Å². The van der Waals surface area contributed by atoms with Crippen molar-refractivity contribution in [3.05, 3.63) is 0 Å². The third kappa shape index (κ3) is 19.8. The Morgan fingerprint density at radius 1 is 0.756 bits per heavy atom. The Morgan fingerprint density at radius 2 is 1.29 bits per heavy atom. The number of amides is 2. The first-order chi connectivity index (χ1) is 20.2. The average Bonchev–Trinajstić information content (AvgIpc) is 2.83. The van der Waals surface area contributed by atoms with E-state index >= 15 is 0 Å². The van der Waals surface area contributed by atoms with Crippen LogP contribution in [0.5, 0.6) is 0 Å². The third-order valence-electron chi connectivity index (χ3n) is 7.92. The van der Waals surface area contributed by atoms with Gasteiger partial charge < -0.3 is 15.4 Å². The number of hydrogen-bond acceptors (Lipinski definition) is 6. The molecule has 262 valence electrons. The lowest BCUT2D eigenvalue weighted by molar-refractivity contribution is -0.164. The summed E-state index contributed by atoms with van der Waals surface area (Å²) >= 11 is 0. The molecule has 2 atom stereocenters. The number of unbranched alkanes of at least 4 members (excludes halogenated alkanes) is 1. The van der Waals surface area contributed by atoms with Gasteiger partial charge in [-0.25, -0.2) is 0 Å². The molecule has 0 aliphatic heterocycles. The molecule has 0 aromatic heterocycles. The molecule has 8 nitrogen and oxygen atoms in total. The van der Waals surface area contributed by atoms with Crippen molar-refractivity contribution in [1.29, 1.82) is 0 Å². The number of nitrogens with one attached hydrogen (secondary N) is 2. The largest absolute Gasteiger partial charge is 0.459 e. The standard InChI is InChI=1S/C37H68N2O6/c1-25(2)29(32(43)39-30(31(42)36(10,11)12)19-17-21-38-26(3)40)22-28(41)18-15-16-20-37(13,14)45-33(44)27(23-34(4,5)6)24-35(7,8)9/h25,27,29-30H,15-24H2,1-14H3,(H,38,40)(H,39,43)/t29-,30-/m0/s1. The van der Waals surface area contributed by atoms with Crippen LogP contribution in [0.15, 0.2) is 0 Å². The molecule has 0 aromatic rings. The summed E-state index contributed by atoms with van der Waals surface area (Å²) in [4.78, 5) is 63.9. The summed E-state index contributed by atoms with van der Waals surface area (Å²) in [7, 11) is 0. The van der Waals surface area contributed by atoms with Gasteiger partial charge >= 0.3 is 5.97 Å². The lowest BCUT2D eigenvalue weighted by atomic mass is 9.77. The first-order valence-corrected chi connectivity index (χ1v) is 17.1. The second-order valence-electron chi connectivity index (χ2n) is 17.5. The van der Waals surface area contributed by atoms with E-state index in [1.165, 1.54) is 6.92 Å². The second-order valence-corrected chi connectivity index (χ2v) is 17.5. The average molecular weight is 637 g/mol. The molecular weight excluding hydrogens is 568 g/mol. The summed E-state index contributed by atoms with van der Waals surface area (Å²) in [6, 6.07) is -0.682. The lowest BCUT2D eigenvalue weighted by Gasteiger charge is -2.33. The molecule has 0 aliphatic carbocycles. The van der Waals surface area contributed by atoms with Crippen LogP contribution in [0.3, 0.4) is 0 Å². The SMILES string of the molecule is CC(=O)NCCC[C@H](NC(=O)[C@@H](CC(=O)CCCCC(C)(C)OC(=O)C(CC(C)(C)C)CC(C)(C)C)C(C)C)C(=O)C(C)(C)C. The topological polar surface area (TPSA) is 119 Å². The van der Waals surface area contributed by atoms with E-state index in [2.05, 4.69) is 52.2 Å². The van der Waals surface area contributed by atoms with Gasteiger partial charge in [0.1, 0.15) is 11.4 Å². The lowest BCUT2D eigenvalue weighted by Crippen LogP contribution is -2.48. The Kier molecular flexibility index (Phi) is 17.3. The van der Waals surface area contributed by atoms with Crippen LogP contribution < -0.4 is 10.6 Å². The molecule has 0 rings (SSSR count). The predicted octanol–water partition coefficient (Wildman–Crippen LogP) is 7.60. The van der Waals surface area contributed by atoms with Crippen molar-refractivity contribution in [1.82, 2.24) is 10.6 Å². The number of carbonyl (C=O) groups excluding carboxylic acids is 5. The van der Waals surface area contributed by atoms with Crippen LogP contribution in [0, 0.1) is 34.0 Å². The maximum Gasteiger partial charge on any atom is 0.309 e. The Morgan fingerprint density at radius 3 is 1.73 bits per heavy atom. The van der Waals surface area contributed by atoms with E-state index in [4.69, 9.17) is 4.74 Å². The maximum atomic E-state index is 13.4. The van der Waals surface area contributed by atoms with Gasteiger partial charge in [-0.05, 0) is 75.5 Å². The van der Waals surface area contributed by atoms with Crippen LogP contribution in [0.2, 0.25) is 0 Å². The molecule has 0 radical (unpaired) electrons. The number of esters is 1. The van der Waals surface area contributed by atoms with E-state index in [9.17, 15) is 24.0 Å². The van der Waals surface area contributed by atoms with Gasteiger partial charge in [0.05, 0.1) is 12.0 Å². The summed E-state index contributed by atoms with van der Waals surface area (Å²) in [5.74, 6) is -1.41. The summed E-state index contributed by atoms with van der Waals surface area (Å²) in [6.45, 7) is 27.9. The van der Waals surface area contributed by atoms with Crippen molar-refractivity contribution in [2.24, 2.45) is 34.0 Å². The number of hydrogen-bond donors (Lipinski definition) is 2.